The van der Waals surface area contributed by atoms with Gasteiger partial charge in [-0.05, 0) is 26.0 Å². The smallest absolute Gasteiger partial charge is 0.263 e. The van der Waals surface area contributed by atoms with Gasteiger partial charge in [0.15, 0.2) is 0 Å². The van der Waals surface area contributed by atoms with Crippen LogP contribution in [0.5, 0.6) is 0 Å². The molecule has 1 unspecified atom stereocenters. The number of ether oxygens (including phenoxy) is 1. The molecule has 1 atom stereocenters. The number of aromatic nitrogens is 2. The van der Waals surface area contributed by atoms with Crippen LogP contribution < -0.4 is 11.3 Å². The highest BCUT2D eigenvalue weighted by Crippen LogP contribution is 2.20. The summed E-state index contributed by atoms with van der Waals surface area (Å²) >= 11 is 6.11. The lowest BCUT2D eigenvalue weighted by atomic mass is 10.2. The minimum atomic E-state index is -0.340. The number of halogens is 1. The Hall–Kier alpha value is -1.43. The van der Waals surface area contributed by atoms with Crippen LogP contribution in [0, 0.1) is 0 Å². The molecule has 0 amide bonds. The average Bonchev–Trinajstić information content (AvgIpc) is 2.40. The second-order valence-corrected chi connectivity index (χ2v) is 4.95. The van der Waals surface area contributed by atoms with Gasteiger partial charge in [-0.3, -0.25) is 9.36 Å². The van der Waals surface area contributed by atoms with Crippen molar-refractivity contribution in [2.75, 3.05) is 13.2 Å². The van der Waals surface area contributed by atoms with Crippen molar-refractivity contribution in [2.24, 2.45) is 5.73 Å². The maximum Gasteiger partial charge on any atom is 0.263 e. The minimum Gasteiger partial charge on any atom is -0.380 e. The standard InChI is InChI=1S/C14H18ClN3O2/c1-3-20-8-7-18-13(9(2)16)17-11-6-4-5-10(15)12(11)14(18)19/h4-6,9H,3,7-8,16H2,1-2H3. The molecule has 1 heterocycles. The molecule has 0 spiro atoms. The lowest BCUT2D eigenvalue weighted by molar-refractivity contribution is 0.137. The summed E-state index contributed by atoms with van der Waals surface area (Å²) in [6, 6.07) is 4.88. The Morgan fingerprint density at radius 1 is 1.50 bits per heavy atom. The summed E-state index contributed by atoms with van der Waals surface area (Å²) in [6.07, 6.45) is 0. The van der Waals surface area contributed by atoms with Gasteiger partial charge >= 0.3 is 0 Å². The minimum absolute atomic E-state index is 0.174. The van der Waals surface area contributed by atoms with Crippen LogP contribution in [0.4, 0.5) is 0 Å². The second kappa shape index (κ2) is 6.35. The van der Waals surface area contributed by atoms with Gasteiger partial charge in [0, 0.05) is 6.61 Å². The number of rotatable bonds is 5. The molecule has 1 aromatic heterocycles. The van der Waals surface area contributed by atoms with Gasteiger partial charge in [-0.1, -0.05) is 17.7 Å². The van der Waals surface area contributed by atoms with E-state index in [0.29, 0.717) is 41.5 Å². The number of hydrogen-bond acceptors (Lipinski definition) is 4. The second-order valence-electron chi connectivity index (χ2n) is 4.55. The van der Waals surface area contributed by atoms with Crippen LogP contribution in [-0.4, -0.2) is 22.8 Å². The Bertz CT molecular complexity index is 667. The monoisotopic (exact) mass is 295 g/mol. The zero-order valence-electron chi connectivity index (χ0n) is 11.6. The third-order valence-electron chi connectivity index (χ3n) is 3.03. The quantitative estimate of drug-likeness (QED) is 0.858. The molecular formula is C14H18ClN3O2. The van der Waals surface area contributed by atoms with Crippen LogP contribution in [0.3, 0.4) is 0 Å². The van der Waals surface area contributed by atoms with Crippen LogP contribution in [0.1, 0.15) is 25.7 Å². The fourth-order valence-electron chi connectivity index (χ4n) is 2.10. The van der Waals surface area contributed by atoms with Crippen molar-refractivity contribution in [3.63, 3.8) is 0 Å². The maximum absolute atomic E-state index is 12.6. The summed E-state index contributed by atoms with van der Waals surface area (Å²) in [7, 11) is 0. The zero-order chi connectivity index (χ0) is 14.7. The molecule has 108 valence electrons. The van der Waals surface area contributed by atoms with Gasteiger partial charge in [-0.15, -0.1) is 0 Å². The average molecular weight is 296 g/mol. The summed E-state index contributed by atoms with van der Waals surface area (Å²) in [6.45, 7) is 5.16. The van der Waals surface area contributed by atoms with Crippen molar-refractivity contribution in [2.45, 2.75) is 26.4 Å². The fraction of sp³-hybridized carbons (Fsp3) is 0.429. The molecule has 20 heavy (non-hydrogen) atoms. The summed E-state index contributed by atoms with van der Waals surface area (Å²) < 4.78 is 6.86. The molecule has 0 saturated heterocycles. The van der Waals surface area contributed by atoms with E-state index in [4.69, 9.17) is 22.1 Å². The molecule has 0 bridgehead atoms. The molecule has 0 aliphatic rings. The van der Waals surface area contributed by atoms with E-state index >= 15 is 0 Å². The molecular weight excluding hydrogens is 278 g/mol. The molecule has 6 heteroatoms. The normalized spacial score (nSPS) is 12.8. The SMILES string of the molecule is CCOCCn1c(C(C)N)nc2cccc(Cl)c2c1=O. The van der Waals surface area contributed by atoms with Gasteiger partial charge in [0.25, 0.3) is 5.56 Å². The van der Waals surface area contributed by atoms with Crippen LogP contribution in [-0.2, 0) is 11.3 Å². The Labute approximate surface area is 122 Å². The molecule has 0 radical (unpaired) electrons. The fourth-order valence-corrected chi connectivity index (χ4v) is 2.35. The van der Waals surface area contributed by atoms with E-state index in [0.717, 1.165) is 0 Å². The van der Waals surface area contributed by atoms with Crippen molar-refractivity contribution in [1.82, 2.24) is 9.55 Å². The lowest BCUT2D eigenvalue weighted by Gasteiger charge is -2.16. The van der Waals surface area contributed by atoms with Crippen molar-refractivity contribution in [3.8, 4) is 0 Å². The van der Waals surface area contributed by atoms with E-state index in [2.05, 4.69) is 4.98 Å². The first-order chi connectivity index (χ1) is 9.56. The predicted octanol–water partition coefficient (Wildman–Crippen LogP) is 2.11. The summed E-state index contributed by atoms with van der Waals surface area (Å²) in [5.74, 6) is 0.546. The van der Waals surface area contributed by atoms with Gasteiger partial charge < -0.3 is 10.5 Å². The van der Waals surface area contributed by atoms with Crippen LogP contribution >= 0.6 is 11.6 Å². The van der Waals surface area contributed by atoms with Crippen molar-refractivity contribution < 1.29 is 4.74 Å². The van der Waals surface area contributed by atoms with E-state index in [1.165, 1.54) is 0 Å². The summed E-state index contributed by atoms with van der Waals surface area (Å²) in [4.78, 5) is 17.1. The highest BCUT2D eigenvalue weighted by atomic mass is 35.5. The predicted molar refractivity (Wildman–Crippen MR) is 80.1 cm³/mol. The number of nitrogens with zero attached hydrogens (tertiary/aromatic N) is 2. The van der Waals surface area contributed by atoms with Crippen LogP contribution in [0.2, 0.25) is 5.02 Å². The van der Waals surface area contributed by atoms with Gasteiger partial charge in [-0.2, -0.15) is 0 Å². The third kappa shape index (κ3) is 2.85. The Morgan fingerprint density at radius 2 is 2.25 bits per heavy atom. The van der Waals surface area contributed by atoms with Gasteiger partial charge in [-0.25, -0.2) is 4.98 Å². The molecule has 2 rings (SSSR count). The van der Waals surface area contributed by atoms with E-state index in [1.807, 2.05) is 6.92 Å². The number of nitrogens with two attached hydrogens (primary N) is 1. The largest absolute Gasteiger partial charge is 0.380 e. The van der Waals surface area contributed by atoms with Crippen LogP contribution in [0.25, 0.3) is 10.9 Å². The Kier molecular flexibility index (Phi) is 4.75. The highest BCUT2D eigenvalue weighted by molar-refractivity contribution is 6.35. The summed E-state index contributed by atoms with van der Waals surface area (Å²) in [5, 5.41) is 0.830. The van der Waals surface area contributed by atoms with E-state index in [9.17, 15) is 4.79 Å². The lowest BCUT2D eigenvalue weighted by Crippen LogP contribution is -2.30. The van der Waals surface area contributed by atoms with E-state index in [1.54, 1.807) is 29.7 Å². The summed E-state index contributed by atoms with van der Waals surface area (Å²) in [5.41, 5.74) is 6.32. The van der Waals surface area contributed by atoms with E-state index < -0.39 is 0 Å². The number of benzene rings is 1. The molecule has 0 aliphatic carbocycles. The molecule has 2 aromatic rings. The van der Waals surface area contributed by atoms with Gasteiger partial charge in [0.1, 0.15) is 5.82 Å². The number of hydrogen-bond donors (Lipinski definition) is 1. The van der Waals surface area contributed by atoms with E-state index in [-0.39, 0.29) is 11.6 Å². The van der Waals surface area contributed by atoms with Crippen molar-refractivity contribution >= 4 is 22.5 Å². The molecule has 0 aliphatic heterocycles. The van der Waals surface area contributed by atoms with Crippen LogP contribution in [0.15, 0.2) is 23.0 Å². The molecule has 1 aromatic carbocycles. The first-order valence-corrected chi connectivity index (χ1v) is 6.96. The van der Waals surface area contributed by atoms with Gasteiger partial charge in [0.2, 0.25) is 0 Å². The maximum atomic E-state index is 12.6. The van der Waals surface area contributed by atoms with Crippen molar-refractivity contribution in [1.29, 1.82) is 0 Å². The molecule has 2 N–H and O–H groups in total. The Balaban J connectivity index is 2.63. The van der Waals surface area contributed by atoms with Gasteiger partial charge in [0.05, 0.1) is 35.1 Å². The van der Waals surface area contributed by atoms with Crippen molar-refractivity contribution in [3.05, 3.63) is 39.4 Å². The zero-order valence-corrected chi connectivity index (χ0v) is 12.4. The topological polar surface area (TPSA) is 70.1 Å². The molecule has 5 nitrogen and oxygen atoms in total. The number of fused-ring (bicyclic) bond motifs is 1. The first kappa shape index (κ1) is 15.0. The third-order valence-corrected chi connectivity index (χ3v) is 3.35. The molecule has 0 fully saturated rings. The molecule has 0 saturated carbocycles. The first-order valence-electron chi connectivity index (χ1n) is 6.58. The Morgan fingerprint density at radius 3 is 2.90 bits per heavy atom. The highest BCUT2D eigenvalue weighted by Gasteiger charge is 2.15.